The maximum atomic E-state index is 12.3. The summed E-state index contributed by atoms with van der Waals surface area (Å²) in [5, 5.41) is 0. The Morgan fingerprint density at radius 1 is 1.33 bits per heavy atom. The van der Waals surface area contributed by atoms with Crippen molar-refractivity contribution in [1.82, 2.24) is 8.61 Å². The van der Waals surface area contributed by atoms with Crippen molar-refractivity contribution in [3.63, 3.8) is 0 Å². The highest BCUT2D eigenvalue weighted by Gasteiger charge is 2.30. The normalized spacial score (nSPS) is 19.6. The summed E-state index contributed by atoms with van der Waals surface area (Å²) >= 11 is 0. The van der Waals surface area contributed by atoms with Gasteiger partial charge in [-0.1, -0.05) is 13.3 Å². The quantitative estimate of drug-likeness (QED) is 0.755. The van der Waals surface area contributed by atoms with Gasteiger partial charge in [0.1, 0.15) is 0 Å². The summed E-state index contributed by atoms with van der Waals surface area (Å²) < 4.78 is 27.7. The van der Waals surface area contributed by atoms with Crippen molar-refractivity contribution in [2.24, 2.45) is 11.7 Å². The van der Waals surface area contributed by atoms with Gasteiger partial charge in [-0.3, -0.25) is 0 Å². The average Bonchev–Trinajstić information content (AvgIpc) is 2.37. The van der Waals surface area contributed by atoms with Crippen LogP contribution in [0.1, 0.15) is 39.0 Å². The zero-order valence-corrected chi connectivity index (χ0v) is 12.5. The molecule has 0 aromatic rings. The van der Waals surface area contributed by atoms with Gasteiger partial charge in [0.2, 0.25) is 0 Å². The average molecular weight is 277 g/mol. The van der Waals surface area contributed by atoms with Crippen LogP contribution < -0.4 is 5.73 Å². The summed E-state index contributed by atoms with van der Waals surface area (Å²) in [5.41, 5.74) is 5.54. The molecule has 18 heavy (non-hydrogen) atoms. The van der Waals surface area contributed by atoms with E-state index in [1.165, 1.54) is 4.31 Å². The third-order valence-corrected chi connectivity index (χ3v) is 5.68. The van der Waals surface area contributed by atoms with Gasteiger partial charge < -0.3 is 5.73 Å². The fraction of sp³-hybridized carbons (Fsp3) is 1.00. The molecule has 0 spiro atoms. The maximum Gasteiger partial charge on any atom is 0.281 e. The molecule has 0 aliphatic carbocycles. The van der Waals surface area contributed by atoms with Crippen molar-refractivity contribution < 1.29 is 8.42 Å². The largest absolute Gasteiger partial charge is 0.330 e. The lowest BCUT2D eigenvalue weighted by molar-refractivity contribution is 0.252. The van der Waals surface area contributed by atoms with Gasteiger partial charge >= 0.3 is 0 Å². The summed E-state index contributed by atoms with van der Waals surface area (Å²) in [6.07, 6.45) is 4.83. The van der Waals surface area contributed by atoms with E-state index in [1.54, 1.807) is 11.4 Å². The van der Waals surface area contributed by atoms with Crippen LogP contribution in [0.3, 0.4) is 0 Å². The Morgan fingerprint density at radius 3 is 2.44 bits per heavy atom. The van der Waals surface area contributed by atoms with Crippen molar-refractivity contribution in [2.45, 2.75) is 39.0 Å². The lowest BCUT2D eigenvalue weighted by Crippen LogP contribution is -2.46. The van der Waals surface area contributed by atoms with Gasteiger partial charge in [-0.2, -0.15) is 17.0 Å². The molecule has 0 unspecified atom stereocenters. The maximum absolute atomic E-state index is 12.3. The van der Waals surface area contributed by atoms with Crippen molar-refractivity contribution in [2.75, 3.05) is 33.2 Å². The number of hydrogen-bond acceptors (Lipinski definition) is 3. The number of unbranched alkanes of at least 4 members (excludes halogenated alkanes) is 1. The van der Waals surface area contributed by atoms with Crippen LogP contribution in [0.25, 0.3) is 0 Å². The summed E-state index contributed by atoms with van der Waals surface area (Å²) in [6.45, 7) is 4.67. The van der Waals surface area contributed by atoms with E-state index < -0.39 is 10.2 Å². The molecule has 1 aliphatic rings. The third kappa shape index (κ3) is 4.19. The van der Waals surface area contributed by atoms with Gasteiger partial charge in [0.15, 0.2) is 0 Å². The second-order valence-corrected chi connectivity index (χ2v) is 7.14. The van der Waals surface area contributed by atoms with Crippen LogP contribution >= 0.6 is 0 Å². The first-order chi connectivity index (χ1) is 8.52. The van der Waals surface area contributed by atoms with Crippen LogP contribution in [0.15, 0.2) is 0 Å². The molecule has 1 aliphatic heterocycles. The van der Waals surface area contributed by atoms with E-state index in [0.717, 1.165) is 32.1 Å². The van der Waals surface area contributed by atoms with E-state index in [1.807, 2.05) is 0 Å². The number of rotatable bonds is 7. The van der Waals surface area contributed by atoms with Crippen LogP contribution in [0.5, 0.6) is 0 Å². The Morgan fingerprint density at radius 2 is 1.94 bits per heavy atom. The lowest BCUT2D eigenvalue weighted by atomic mass is 9.95. The first-order valence-electron chi connectivity index (χ1n) is 6.93. The molecule has 1 heterocycles. The molecule has 6 heteroatoms. The zero-order chi connectivity index (χ0) is 13.6. The number of nitrogens with two attached hydrogens (primary N) is 1. The lowest BCUT2D eigenvalue weighted by Gasteiger charge is -2.33. The molecular formula is C12H27N3O2S. The molecule has 1 rings (SSSR count). The molecule has 0 amide bonds. The SMILES string of the molecule is CCCCN(C)S(=O)(=O)N1CCC(CCN)CC1. The molecule has 0 saturated carbocycles. The van der Waals surface area contributed by atoms with Crippen LogP contribution in [0.2, 0.25) is 0 Å². The minimum atomic E-state index is -3.24. The third-order valence-electron chi connectivity index (χ3n) is 3.70. The van der Waals surface area contributed by atoms with E-state index >= 15 is 0 Å². The van der Waals surface area contributed by atoms with E-state index in [-0.39, 0.29) is 0 Å². The second kappa shape index (κ2) is 7.43. The zero-order valence-electron chi connectivity index (χ0n) is 11.6. The predicted molar refractivity (Wildman–Crippen MR) is 74.4 cm³/mol. The molecule has 1 saturated heterocycles. The van der Waals surface area contributed by atoms with Gasteiger partial charge in [0.05, 0.1) is 0 Å². The Bertz CT molecular complexity index is 324. The molecule has 5 nitrogen and oxygen atoms in total. The van der Waals surface area contributed by atoms with Crippen LogP contribution in [-0.2, 0) is 10.2 Å². The monoisotopic (exact) mass is 277 g/mol. The molecule has 0 atom stereocenters. The van der Waals surface area contributed by atoms with E-state index in [9.17, 15) is 8.42 Å². The summed E-state index contributed by atoms with van der Waals surface area (Å²) in [7, 11) is -1.56. The van der Waals surface area contributed by atoms with Crippen LogP contribution in [-0.4, -0.2) is 50.3 Å². The Hall–Kier alpha value is -0.170. The minimum absolute atomic E-state index is 0.599. The second-order valence-electron chi connectivity index (χ2n) is 5.10. The molecule has 0 bridgehead atoms. The first-order valence-corrected chi connectivity index (χ1v) is 8.33. The number of piperidine rings is 1. The van der Waals surface area contributed by atoms with Crippen molar-refractivity contribution in [3.8, 4) is 0 Å². The predicted octanol–water partition coefficient (Wildman–Crippen LogP) is 1.02. The van der Waals surface area contributed by atoms with Crippen molar-refractivity contribution in [3.05, 3.63) is 0 Å². The van der Waals surface area contributed by atoms with E-state index in [0.29, 0.717) is 32.1 Å². The van der Waals surface area contributed by atoms with Gasteiger partial charge in [0, 0.05) is 26.7 Å². The molecule has 0 aromatic heterocycles. The molecule has 0 aromatic carbocycles. The van der Waals surface area contributed by atoms with Gasteiger partial charge in [-0.25, -0.2) is 0 Å². The standard InChI is InChI=1S/C12H27N3O2S/c1-3-4-9-14(2)18(16,17)15-10-6-12(5-8-13)7-11-15/h12H,3-11,13H2,1-2H3. The van der Waals surface area contributed by atoms with Crippen LogP contribution in [0.4, 0.5) is 0 Å². The smallest absolute Gasteiger partial charge is 0.281 e. The van der Waals surface area contributed by atoms with Gasteiger partial charge in [0.25, 0.3) is 10.2 Å². The Kier molecular flexibility index (Phi) is 6.55. The summed E-state index contributed by atoms with van der Waals surface area (Å²) in [5.74, 6) is 0.599. The number of nitrogens with zero attached hydrogens (tertiary/aromatic N) is 2. The molecule has 2 N–H and O–H groups in total. The fourth-order valence-electron chi connectivity index (χ4n) is 2.36. The Balaban J connectivity index is 2.49. The fourth-order valence-corrected chi connectivity index (χ4v) is 3.78. The molecule has 0 radical (unpaired) electrons. The van der Waals surface area contributed by atoms with E-state index in [2.05, 4.69) is 6.92 Å². The highest BCUT2D eigenvalue weighted by molar-refractivity contribution is 7.86. The minimum Gasteiger partial charge on any atom is -0.330 e. The number of hydrogen-bond donors (Lipinski definition) is 1. The van der Waals surface area contributed by atoms with Crippen molar-refractivity contribution in [1.29, 1.82) is 0 Å². The highest BCUT2D eigenvalue weighted by Crippen LogP contribution is 2.22. The molecule has 108 valence electrons. The highest BCUT2D eigenvalue weighted by atomic mass is 32.2. The Labute approximate surface area is 112 Å². The topological polar surface area (TPSA) is 66.6 Å². The van der Waals surface area contributed by atoms with Crippen LogP contribution in [0, 0.1) is 5.92 Å². The summed E-state index contributed by atoms with van der Waals surface area (Å²) in [4.78, 5) is 0. The van der Waals surface area contributed by atoms with Gasteiger partial charge in [-0.05, 0) is 38.1 Å². The van der Waals surface area contributed by atoms with Crippen molar-refractivity contribution >= 4 is 10.2 Å². The van der Waals surface area contributed by atoms with Gasteiger partial charge in [-0.15, -0.1) is 0 Å². The molecule has 1 fully saturated rings. The molecular weight excluding hydrogens is 250 g/mol. The summed E-state index contributed by atoms with van der Waals surface area (Å²) in [6, 6.07) is 0. The van der Waals surface area contributed by atoms with E-state index in [4.69, 9.17) is 5.73 Å². The first kappa shape index (κ1) is 15.9.